The van der Waals surface area contributed by atoms with Crippen molar-refractivity contribution in [3.63, 3.8) is 0 Å². The van der Waals surface area contributed by atoms with E-state index in [0.717, 1.165) is 28.4 Å². The Bertz CT molecular complexity index is 1310. The third-order valence-corrected chi connectivity index (χ3v) is 4.98. The van der Waals surface area contributed by atoms with Crippen molar-refractivity contribution in [2.24, 2.45) is 7.05 Å². The van der Waals surface area contributed by atoms with Gasteiger partial charge in [0.2, 0.25) is 0 Å². The zero-order valence-corrected chi connectivity index (χ0v) is 17.2. The number of alkyl halides is 3. The highest BCUT2D eigenvalue weighted by Crippen LogP contribution is 2.30. The predicted octanol–water partition coefficient (Wildman–Crippen LogP) is 4.89. The monoisotopic (exact) mass is 466 g/mol. The maximum absolute atomic E-state index is 13.5. The lowest BCUT2D eigenvalue weighted by molar-refractivity contribution is -0.141. The lowest BCUT2D eigenvalue weighted by Gasteiger charge is -2.11. The molecule has 166 valence electrons. The first-order valence-electron chi connectivity index (χ1n) is 9.20. The highest BCUT2D eigenvalue weighted by Gasteiger charge is 2.35. The Morgan fingerprint density at radius 2 is 1.97 bits per heavy atom. The van der Waals surface area contributed by atoms with Gasteiger partial charge < -0.3 is 10.6 Å². The fourth-order valence-corrected chi connectivity index (χ4v) is 3.32. The second-order valence-corrected chi connectivity index (χ2v) is 7.25. The van der Waals surface area contributed by atoms with Gasteiger partial charge in [-0.1, -0.05) is 17.7 Å². The first-order valence-corrected chi connectivity index (χ1v) is 9.58. The molecule has 0 unspecified atom stereocenters. The van der Waals surface area contributed by atoms with E-state index in [1.165, 1.54) is 6.07 Å². The van der Waals surface area contributed by atoms with Gasteiger partial charge in [0.25, 0.3) is 0 Å². The number of fused-ring (bicyclic) bond motifs is 1. The average Bonchev–Trinajstić information content (AvgIpc) is 3.33. The fraction of sp³-hybridized carbons (Fsp3) is 0.150. The smallest absolute Gasteiger partial charge is 0.332 e. The summed E-state index contributed by atoms with van der Waals surface area (Å²) < 4.78 is 55.7. The minimum Gasteiger partial charge on any atom is -0.332 e. The number of aryl methyl sites for hydroxylation is 1. The third kappa shape index (κ3) is 4.24. The van der Waals surface area contributed by atoms with E-state index in [1.54, 1.807) is 30.1 Å². The van der Waals surface area contributed by atoms with Gasteiger partial charge in [0.1, 0.15) is 5.82 Å². The molecule has 0 saturated heterocycles. The maximum atomic E-state index is 13.5. The summed E-state index contributed by atoms with van der Waals surface area (Å²) in [5.74, 6) is -0.720. The number of aromatic nitrogens is 4. The maximum Gasteiger partial charge on any atom is 0.435 e. The van der Waals surface area contributed by atoms with E-state index in [2.05, 4.69) is 20.8 Å². The molecule has 32 heavy (non-hydrogen) atoms. The molecule has 12 heteroatoms. The Kier molecular flexibility index (Phi) is 5.51. The Hall–Kier alpha value is -3.60. The Labute approximate surface area is 183 Å². The van der Waals surface area contributed by atoms with Crippen LogP contribution >= 0.6 is 11.6 Å². The summed E-state index contributed by atoms with van der Waals surface area (Å²) in [6.07, 6.45) is -3.12. The van der Waals surface area contributed by atoms with Crippen LogP contribution in [0.15, 0.2) is 48.7 Å². The van der Waals surface area contributed by atoms with Crippen LogP contribution in [0.5, 0.6) is 0 Å². The fourth-order valence-electron chi connectivity index (χ4n) is 3.15. The molecular formula is C20H15ClF4N6O. The molecule has 0 aliphatic carbocycles. The van der Waals surface area contributed by atoms with E-state index in [9.17, 15) is 22.4 Å². The summed E-state index contributed by atoms with van der Waals surface area (Å²) >= 11 is 5.76. The number of hydrogen-bond acceptors (Lipinski definition) is 3. The van der Waals surface area contributed by atoms with Crippen LogP contribution in [0.25, 0.3) is 16.6 Å². The molecule has 2 aromatic carbocycles. The van der Waals surface area contributed by atoms with Crippen LogP contribution in [0.3, 0.4) is 0 Å². The Morgan fingerprint density at radius 1 is 1.19 bits per heavy atom. The first kappa shape index (κ1) is 21.6. The van der Waals surface area contributed by atoms with Gasteiger partial charge in [0.15, 0.2) is 5.69 Å². The van der Waals surface area contributed by atoms with Gasteiger partial charge in [-0.15, -0.1) is 0 Å². The van der Waals surface area contributed by atoms with Gasteiger partial charge in [0, 0.05) is 12.4 Å². The molecule has 0 fully saturated rings. The molecule has 2 N–H and O–H groups in total. The number of anilines is 1. The molecule has 2 heterocycles. The zero-order valence-electron chi connectivity index (χ0n) is 16.4. The summed E-state index contributed by atoms with van der Waals surface area (Å²) in [5, 5.41) is 13.3. The van der Waals surface area contributed by atoms with E-state index in [0.29, 0.717) is 11.1 Å². The molecule has 4 aromatic rings. The second-order valence-electron chi connectivity index (χ2n) is 6.84. The molecular weight excluding hydrogens is 452 g/mol. The summed E-state index contributed by atoms with van der Waals surface area (Å²) in [4.78, 5) is 12.4. The Balaban J connectivity index is 1.57. The molecule has 0 spiro atoms. The number of carbonyl (C=O) groups is 1. The summed E-state index contributed by atoms with van der Waals surface area (Å²) in [5.41, 5.74) is 0.265. The van der Waals surface area contributed by atoms with Crippen molar-refractivity contribution in [3.8, 4) is 5.69 Å². The van der Waals surface area contributed by atoms with Gasteiger partial charge in [-0.25, -0.2) is 13.9 Å². The minimum atomic E-state index is -4.71. The van der Waals surface area contributed by atoms with Gasteiger partial charge >= 0.3 is 12.2 Å². The van der Waals surface area contributed by atoms with Crippen molar-refractivity contribution in [1.29, 1.82) is 0 Å². The van der Waals surface area contributed by atoms with Crippen LogP contribution in [0, 0.1) is 5.82 Å². The van der Waals surface area contributed by atoms with Gasteiger partial charge in [-0.05, 0) is 36.4 Å². The molecule has 0 bridgehead atoms. The molecule has 2 amide bonds. The van der Waals surface area contributed by atoms with Crippen LogP contribution in [0.2, 0.25) is 5.02 Å². The molecule has 0 aliphatic heterocycles. The molecule has 0 atom stereocenters. The Morgan fingerprint density at radius 3 is 2.69 bits per heavy atom. The van der Waals surface area contributed by atoms with E-state index < -0.39 is 23.7 Å². The highest BCUT2D eigenvalue weighted by molar-refractivity contribution is 6.30. The average molecular weight is 467 g/mol. The van der Waals surface area contributed by atoms with Gasteiger partial charge in [-0.2, -0.15) is 23.4 Å². The number of carbonyl (C=O) groups excluding carboxylic acids is 1. The van der Waals surface area contributed by atoms with Crippen molar-refractivity contribution in [3.05, 3.63) is 70.9 Å². The molecule has 0 radical (unpaired) electrons. The topological polar surface area (TPSA) is 76.8 Å². The van der Waals surface area contributed by atoms with E-state index >= 15 is 0 Å². The normalized spacial score (nSPS) is 11.7. The van der Waals surface area contributed by atoms with Crippen molar-refractivity contribution in [2.75, 3.05) is 5.32 Å². The molecule has 7 nitrogen and oxygen atoms in total. The lowest BCUT2D eigenvalue weighted by atomic mass is 10.2. The quantitative estimate of drug-likeness (QED) is 0.420. The summed E-state index contributed by atoms with van der Waals surface area (Å²) in [6.45, 7) is -0.285. The highest BCUT2D eigenvalue weighted by atomic mass is 35.5. The molecule has 0 aliphatic rings. The molecule has 2 aromatic heterocycles. The number of urea groups is 1. The number of nitrogens with one attached hydrogen (secondary N) is 2. The van der Waals surface area contributed by atoms with Crippen molar-refractivity contribution < 1.29 is 22.4 Å². The van der Waals surface area contributed by atoms with Gasteiger partial charge in [0.05, 0.1) is 40.3 Å². The van der Waals surface area contributed by atoms with E-state index in [-0.39, 0.29) is 22.9 Å². The molecule has 4 rings (SSSR count). The van der Waals surface area contributed by atoms with Crippen molar-refractivity contribution >= 4 is 34.2 Å². The van der Waals surface area contributed by atoms with Crippen LogP contribution in [0.1, 0.15) is 11.4 Å². The molecule has 0 saturated carbocycles. The number of amides is 2. The number of nitrogens with zero attached hydrogens (tertiary/aromatic N) is 4. The zero-order chi connectivity index (χ0) is 23.0. The van der Waals surface area contributed by atoms with Gasteiger partial charge in [-0.3, -0.25) is 4.68 Å². The second kappa shape index (κ2) is 8.15. The number of rotatable bonds is 4. The van der Waals surface area contributed by atoms with Crippen molar-refractivity contribution in [1.82, 2.24) is 24.9 Å². The van der Waals surface area contributed by atoms with Crippen LogP contribution in [-0.4, -0.2) is 25.6 Å². The standard InChI is InChI=1S/C20H15ClF4N6O/c1-30-17-4-2-3-16(13(17)10-27-30)28-19(32)26-9-12-8-18(20(23,24)25)29-31(12)11-5-6-15(22)14(21)7-11/h2-8,10H,9H2,1H3,(H2,26,28,32). The summed E-state index contributed by atoms with van der Waals surface area (Å²) in [7, 11) is 1.76. The summed E-state index contributed by atoms with van der Waals surface area (Å²) in [6, 6.07) is 8.82. The minimum absolute atomic E-state index is 0.0229. The van der Waals surface area contributed by atoms with Crippen LogP contribution in [-0.2, 0) is 19.8 Å². The lowest BCUT2D eigenvalue weighted by Crippen LogP contribution is -2.29. The number of benzene rings is 2. The third-order valence-electron chi connectivity index (χ3n) is 4.69. The van der Waals surface area contributed by atoms with Crippen LogP contribution in [0.4, 0.5) is 28.0 Å². The predicted molar refractivity (Wildman–Crippen MR) is 110 cm³/mol. The van der Waals surface area contributed by atoms with E-state index in [1.807, 2.05) is 6.07 Å². The number of halogens is 5. The first-order chi connectivity index (χ1) is 15.1. The SMILES string of the molecule is Cn1ncc2c(NC(=O)NCc3cc(C(F)(F)F)nn3-c3ccc(F)c(Cl)c3)cccc21. The number of hydrogen-bond donors (Lipinski definition) is 2. The van der Waals surface area contributed by atoms with Crippen LogP contribution < -0.4 is 10.6 Å². The van der Waals surface area contributed by atoms with E-state index in [4.69, 9.17) is 11.6 Å². The van der Waals surface area contributed by atoms with Crippen molar-refractivity contribution in [2.45, 2.75) is 12.7 Å². The largest absolute Gasteiger partial charge is 0.435 e.